The number of carbonyl (C=O) groups is 1. The zero-order valence-electron chi connectivity index (χ0n) is 11.0. The molecule has 0 aliphatic carbocycles. The minimum atomic E-state index is -0.529. The van der Waals surface area contributed by atoms with Crippen molar-refractivity contribution >= 4 is 6.09 Å². The average molecular weight is 246 g/mol. The van der Waals surface area contributed by atoms with Crippen molar-refractivity contribution in [1.29, 1.82) is 0 Å². The van der Waals surface area contributed by atoms with Crippen molar-refractivity contribution in [3.63, 3.8) is 0 Å². The van der Waals surface area contributed by atoms with Gasteiger partial charge in [0, 0.05) is 12.4 Å². The number of ether oxygens (including phenoxy) is 1. The fourth-order valence-electron chi connectivity index (χ4n) is 1.33. The van der Waals surface area contributed by atoms with Crippen molar-refractivity contribution in [2.24, 2.45) is 0 Å². The number of hydrogen-bond donors (Lipinski definition) is 0. The van der Waals surface area contributed by atoms with Crippen LogP contribution in [0.1, 0.15) is 26.3 Å². The summed E-state index contributed by atoms with van der Waals surface area (Å²) in [5.41, 5.74) is 0.386. The fraction of sp³-hybridized carbons (Fsp3) is 0.429. The summed E-state index contributed by atoms with van der Waals surface area (Å²) in [5.74, 6) is 2.46. The predicted molar refractivity (Wildman–Crippen MR) is 69.7 cm³/mol. The van der Waals surface area contributed by atoms with Crippen LogP contribution in [0.25, 0.3) is 0 Å². The van der Waals surface area contributed by atoms with Crippen LogP contribution >= 0.6 is 0 Å². The quantitative estimate of drug-likeness (QED) is 0.769. The van der Waals surface area contributed by atoms with Crippen LogP contribution in [0.3, 0.4) is 0 Å². The van der Waals surface area contributed by atoms with E-state index >= 15 is 0 Å². The predicted octanol–water partition coefficient (Wildman–Crippen LogP) is 2.45. The Kier molecular flexibility index (Phi) is 4.73. The van der Waals surface area contributed by atoms with Crippen molar-refractivity contribution in [2.75, 3.05) is 6.54 Å². The van der Waals surface area contributed by atoms with E-state index in [1.807, 2.05) is 32.9 Å². The summed E-state index contributed by atoms with van der Waals surface area (Å²) in [6.07, 6.45) is 8.24. The monoisotopic (exact) mass is 246 g/mol. The molecular weight excluding hydrogens is 228 g/mol. The molecule has 0 aliphatic heterocycles. The van der Waals surface area contributed by atoms with E-state index in [1.165, 1.54) is 4.90 Å². The van der Waals surface area contributed by atoms with Crippen molar-refractivity contribution in [1.82, 2.24) is 9.88 Å². The number of rotatable bonds is 3. The molecule has 4 heteroatoms. The number of carbonyl (C=O) groups excluding carboxylic acids is 1. The number of hydrogen-bond acceptors (Lipinski definition) is 3. The molecule has 1 aromatic heterocycles. The Hall–Kier alpha value is -2.02. The number of nitrogens with zero attached hydrogens (tertiary/aromatic N) is 2. The SMILES string of the molecule is C#CCN(Cc1cccnc1)C(=O)OC(C)(C)C. The highest BCUT2D eigenvalue weighted by Gasteiger charge is 2.21. The van der Waals surface area contributed by atoms with Crippen LogP contribution in [-0.4, -0.2) is 28.1 Å². The molecule has 1 amide bonds. The Bertz CT molecular complexity index is 429. The Morgan fingerprint density at radius 3 is 2.78 bits per heavy atom. The smallest absolute Gasteiger partial charge is 0.411 e. The summed E-state index contributed by atoms with van der Waals surface area (Å²) < 4.78 is 5.30. The zero-order valence-corrected chi connectivity index (χ0v) is 11.0. The first-order chi connectivity index (χ1) is 8.42. The summed E-state index contributed by atoms with van der Waals surface area (Å²) in [6.45, 7) is 6.08. The van der Waals surface area contributed by atoms with Gasteiger partial charge in [0.1, 0.15) is 5.60 Å². The molecule has 0 atom stereocenters. The Morgan fingerprint density at radius 1 is 1.56 bits per heavy atom. The van der Waals surface area contributed by atoms with E-state index in [1.54, 1.807) is 12.4 Å². The zero-order chi connectivity index (χ0) is 13.6. The van der Waals surface area contributed by atoms with Crippen molar-refractivity contribution in [2.45, 2.75) is 32.9 Å². The molecule has 4 nitrogen and oxygen atoms in total. The molecular formula is C14H18N2O2. The molecule has 0 fully saturated rings. The highest BCUT2D eigenvalue weighted by Crippen LogP contribution is 2.11. The largest absolute Gasteiger partial charge is 0.444 e. The minimum absolute atomic E-state index is 0.212. The lowest BCUT2D eigenvalue weighted by molar-refractivity contribution is 0.0260. The molecule has 0 spiro atoms. The summed E-state index contributed by atoms with van der Waals surface area (Å²) in [4.78, 5) is 17.4. The number of pyridine rings is 1. The van der Waals surface area contributed by atoms with E-state index < -0.39 is 11.7 Å². The second-order valence-electron chi connectivity index (χ2n) is 4.90. The third-order valence-electron chi connectivity index (χ3n) is 2.03. The lowest BCUT2D eigenvalue weighted by Crippen LogP contribution is -2.36. The minimum Gasteiger partial charge on any atom is -0.444 e. The molecule has 1 rings (SSSR count). The molecule has 0 radical (unpaired) electrons. The van der Waals surface area contributed by atoms with E-state index in [0.29, 0.717) is 6.54 Å². The summed E-state index contributed by atoms with van der Waals surface area (Å²) >= 11 is 0. The van der Waals surface area contributed by atoms with Crippen molar-refractivity contribution in [3.05, 3.63) is 30.1 Å². The van der Waals surface area contributed by atoms with Crippen LogP contribution in [0.15, 0.2) is 24.5 Å². The van der Waals surface area contributed by atoms with Crippen LogP contribution in [0, 0.1) is 12.3 Å². The van der Waals surface area contributed by atoms with Gasteiger partial charge >= 0.3 is 6.09 Å². The van der Waals surface area contributed by atoms with Gasteiger partial charge in [-0.25, -0.2) is 4.79 Å². The lowest BCUT2D eigenvalue weighted by Gasteiger charge is -2.26. The first kappa shape index (κ1) is 14.0. The highest BCUT2D eigenvalue weighted by atomic mass is 16.6. The van der Waals surface area contributed by atoms with Gasteiger partial charge in [0.15, 0.2) is 0 Å². The van der Waals surface area contributed by atoms with Gasteiger partial charge in [-0.05, 0) is 32.4 Å². The number of aromatic nitrogens is 1. The second kappa shape index (κ2) is 6.06. The maximum Gasteiger partial charge on any atom is 0.411 e. The van der Waals surface area contributed by atoms with Gasteiger partial charge in [-0.15, -0.1) is 6.42 Å². The van der Waals surface area contributed by atoms with Gasteiger partial charge in [-0.1, -0.05) is 12.0 Å². The molecule has 0 N–H and O–H groups in total. The van der Waals surface area contributed by atoms with Gasteiger partial charge in [0.25, 0.3) is 0 Å². The van der Waals surface area contributed by atoms with Gasteiger partial charge in [-0.3, -0.25) is 9.88 Å². The first-order valence-electron chi connectivity index (χ1n) is 5.72. The summed E-state index contributed by atoms with van der Waals surface area (Å²) in [6, 6.07) is 3.71. The van der Waals surface area contributed by atoms with E-state index in [-0.39, 0.29) is 6.54 Å². The standard InChI is InChI=1S/C14H18N2O2/c1-5-9-16(13(17)18-14(2,3)4)11-12-7-6-8-15-10-12/h1,6-8,10H,9,11H2,2-4H3. The summed E-state index contributed by atoms with van der Waals surface area (Å²) in [7, 11) is 0. The van der Waals surface area contributed by atoms with Crippen LogP contribution < -0.4 is 0 Å². The molecule has 0 saturated carbocycles. The fourth-order valence-corrected chi connectivity index (χ4v) is 1.33. The molecule has 96 valence electrons. The van der Waals surface area contributed by atoms with Crippen molar-refractivity contribution < 1.29 is 9.53 Å². The molecule has 0 bridgehead atoms. The molecule has 18 heavy (non-hydrogen) atoms. The average Bonchev–Trinajstić information content (AvgIpc) is 2.27. The third-order valence-corrected chi connectivity index (χ3v) is 2.03. The third kappa shape index (κ3) is 4.88. The van der Waals surface area contributed by atoms with Gasteiger partial charge < -0.3 is 4.74 Å². The van der Waals surface area contributed by atoms with E-state index in [0.717, 1.165) is 5.56 Å². The highest BCUT2D eigenvalue weighted by molar-refractivity contribution is 5.68. The first-order valence-corrected chi connectivity index (χ1v) is 5.72. The Labute approximate surface area is 108 Å². The van der Waals surface area contributed by atoms with Gasteiger partial charge in [0.05, 0.1) is 13.1 Å². The van der Waals surface area contributed by atoms with Gasteiger partial charge in [0.2, 0.25) is 0 Å². The molecule has 1 aromatic rings. The molecule has 1 heterocycles. The molecule has 0 aliphatic rings. The van der Waals surface area contributed by atoms with Crippen molar-refractivity contribution in [3.8, 4) is 12.3 Å². The Morgan fingerprint density at radius 2 is 2.28 bits per heavy atom. The van der Waals surface area contributed by atoms with Crippen LogP contribution in [0.2, 0.25) is 0 Å². The second-order valence-corrected chi connectivity index (χ2v) is 4.90. The molecule has 0 unspecified atom stereocenters. The maximum atomic E-state index is 11.9. The van der Waals surface area contributed by atoms with Crippen LogP contribution in [0.5, 0.6) is 0 Å². The number of terminal acetylenes is 1. The Balaban J connectivity index is 2.72. The molecule has 0 saturated heterocycles. The van der Waals surface area contributed by atoms with Crippen LogP contribution in [-0.2, 0) is 11.3 Å². The van der Waals surface area contributed by atoms with Crippen LogP contribution in [0.4, 0.5) is 4.79 Å². The number of amides is 1. The molecule has 0 aromatic carbocycles. The van der Waals surface area contributed by atoms with Gasteiger partial charge in [-0.2, -0.15) is 0 Å². The van der Waals surface area contributed by atoms with E-state index in [9.17, 15) is 4.79 Å². The van der Waals surface area contributed by atoms with E-state index in [4.69, 9.17) is 11.2 Å². The normalized spacial score (nSPS) is 10.6. The topological polar surface area (TPSA) is 42.4 Å². The lowest BCUT2D eigenvalue weighted by atomic mass is 10.2. The maximum absolute atomic E-state index is 11.9. The van der Waals surface area contributed by atoms with E-state index in [2.05, 4.69) is 10.9 Å². The summed E-state index contributed by atoms with van der Waals surface area (Å²) in [5, 5.41) is 0.